The van der Waals surface area contributed by atoms with E-state index in [1.165, 1.54) is 6.26 Å². The van der Waals surface area contributed by atoms with E-state index in [2.05, 4.69) is 16.0 Å². The van der Waals surface area contributed by atoms with E-state index < -0.39 is 0 Å². The first kappa shape index (κ1) is 20.3. The fraction of sp³-hybridized carbons (Fsp3) is 0.333. The summed E-state index contributed by atoms with van der Waals surface area (Å²) in [7, 11) is 0. The maximum absolute atomic E-state index is 12.9. The van der Waals surface area contributed by atoms with Gasteiger partial charge in [0.25, 0.3) is 11.5 Å². The zero-order valence-electron chi connectivity index (χ0n) is 16.2. The van der Waals surface area contributed by atoms with Gasteiger partial charge in [-0.05, 0) is 30.0 Å². The highest BCUT2D eigenvalue weighted by Gasteiger charge is 2.37. The molecular formula is C21H22ClN5O3. The van der Waals surface area contributed by atoms with Crippen LogP contribution in [0.1, 0.15) is 34.4 Å². The van der Waals surface area contributed by atoms with Crippen LogP contribution < -0.4 is 11.3 Å². The van der Waals surface area contributed by atoms with Crippen molar-refractivity contribution in [2.75, 3.05) is 13.1 Å². The minimum absolute atomic E-state index is 0. The van der Waals surface area contributed by atoms with Crippen molar-refractivity contribution in [3.8, 4) is 11.1 Å². The van der Waals surface area contributed by atoms with Crippen molar-refractivity contribution in [1.82, 2.24) is 19.4 Å². The van der Waals surface area contributed by atoms with E-state index >= 15 is 0 Å². The van der Waals surface area contributed by atoms with Crippen LogP contribution in [0.3, 0.4) is 0 Å². The van der Waals surface area contributed by atoms with Crippen LogP contribution in [-0.2, 0) is 13.1 Å². The lowest BCUT2D eigenvalue weighted by atomic mass is 9.82. The van der Waals surface area contributed by atoms with Crippen molar-refractivity contribution in [1.29, 1.82) is 0 Å². The summed E-state index contributed by atoms with van der Waals surface area (Å²) in [6.07, 6.45) is 5.80. The molecule has 0 aliphatic carbocycles. The van der Waals surface area contributed by atoms with Crippen molar-refractivity contribution in [2.45, 2.75) is 25.4 Å². The molecule has 0 unspecified atom stereocenters. The van der Waals surface area contributed by atoms with E-state index in [1.807, 2.05) is 21.6 Å². The average Bonchev–Trinajstić information content (AvgIpc) is 3.23. The Morgan fingerprint density at radius 3 is 2.83 bits per heavy atom. The number of amides is 1. The zero-order valence-corrected chi connectivity index (χ0v) is 17.0. The predicted molar refractivity (Wildman–Crippen MR) is 112 cm³/mol. The minimum atomic E-state index is -0.151. The van der Waals surface area contributed by atoms with Crippen molar-refractivity contribution in [3.05, 3.63) is 70.6 Å². The molecule has 2 bridgehead atoms. The number of carbonyl (C=O) groups excluding carboxylic acids is 1. The Labute approximate surface area is 179 Å². The zero-order chi connectivity index (χ0) is 20.0. The molecule has 2 aliphatic heterocycles. The summed E-state index contributed by atoms with van der Waals surface area (Å²) < 4.78 is 7.09. The molecule has 5 rings (SSSR count). The average molecular weight is 428 g/mol. The molecule has 1 amide bonds. The third-order valence-electron chi connectivity index (χ3n) is 5.78. The van der Waals surface area contributed by atoms with E-state index in [0.717, 1.165) is 23.2 Å². The maximum atomic E-state index is 12.9. The predicted octanol–water partition coefficient (Wildman–Crippen LogP) is 2.04. The largest absolute Gasteiger partial charge is 0.447 e. The summed E-state index contributed by atoms with van der Waals surface area (Å²) in [6, 6.07) is 7.54. The molecule has 2 aliphatic rings. The first-order valence-corrected chi connectivity index (χ1v) is 9.71. The molecule has 0 aromatic carbocycles. The number of hydrogen-bond donors (Lipinski definition) is 1. The number of fused-ring (bicyclic) bond motifs is 4. The third-order valence-corrected chi connectivity index (χ3v) is 5.78. The molecule has 1 saturated heterocycles. The van der Waals surface area contributed by atoms with Gasteiger partial charge in [0, 0.05) is 55.3 Å². The summed E-state index contributed by atoms with van der Waals surface area (Å²) in [5.74, 6) is 0.551. The van der Waals surface area contributed by atoms with Gasteiger partial charge in [0.15, 0.2) is 5.69 Å². The Morgan fingerprint density at radius 2 is 2.10 bits per heavy atom. The van der Waals surface area contributed by atoms with Crippen molar-refractivity contribution in [2.24, 2.45) is 11.7 Å². The number of rotatable bonds is 3. The van der Waals surface area contributed by atoms with Crippen molar-refractivity contribution >= 4 is 18.3 Å². The number of nitrogens with zero attached hydrogens (tertiary/aromatic N) is 4. The van der Waals surface area contributed by atoms with Crippen LogP contribution in [0.4, 0.5) is 0 Å². The van der Waals surface area contributed by atoms with Crippen molar-refractivity contribution < 1.29 is 9.21 Å². The first-order chi connectivity index (χ1) is 14.1. The van der Waals surface area contributed by atoms with Crippen LogP contribution in [0.2, 0.25) is 0 Å². The Hall–Kier alpha value is -2.97. The van der Waals surface area contributed by atoms with Crippen LogP contribution in [0.15, 0.2) is 52.1 Å². The van der Waals surface area contributed by atoms with E-state index in [1.54, 1.807) is 18.5 Å². The summed E-state index contributed by atoms with van der Waals surface area (Å²) in [4.78, 5) is 35.8. The van der Waals surface area contributed by atoms with Gasteiger partial charge in [0.05, 0.1) is 6.54 Å². The molecular weight excluding hydrogens is 406 g/mol. The standard InChI is InChI=1S/C21H21N5O3.ClH/c22-7-19-24-17(12-29-19)21(28)25-9-13-4-16(11-25)18-5-15(6-20(27)26(18)10-13)14-2-1-3-23-8-14;/h1-3,5-6,8,12-13,16H,4,7,9-11,22H2;1H/t13-,16+;/m0./s1. The first-order valence-electron chi connectivity index (χ1n) is 9.71. The molecule has 0 saturated carbocycles. The maximum Gasteiger partial charge on any atom is 0.275 e. The monoisotopic (exact) mass is 427 g/mol. The fourth-order valence-electron chi connectivity index (χ4n) is 4.49. The van der Waals surface area contributed by atoms with Crippen LogP contribution in [0, 0.1) is 5.92 Å². The number of carbonyl (C=O) groups is 1. The fourth-order valence-corrected chi connectivity index (χ4v) is 4.49. The molecule has 3 aromatic rings. The third kappa shape index (κ3) is 3.53. The molecule has 0 spiro atoms. The van der Waals surface area contributed by atoms with Crippen LogP contribution >= 0.6 is 12.4 Å². The molecule has 1 fully saturated rings. The second-order valence-corrected chi connectivity index (χ2v) is 7.70. The van der Waals surface area contributed by atoms with Gasteiger partial charge in [0.1, 0.15) is 6.26 Å². The molecule has 2 atom stereocenters. The highest BCUT2D eigenvalue weighted by atomic mass is 35.5. The summed E-state index contributed by atoms with van der Waals surface area (Å²) >= 11 is 0. The van der Waals surface area contributed by atoms with Crippen molar-refractivity contribution in [3.63, 3.8) is 0 Å². The Bertz CT molecular complexity index is 1130. The molecule has 0 radical (unpaired) electrons. The molecule has 2 N–H and O–H groups in total. The Balaban J connectivity index is 0.00000218. The molecule has 8 nitrogen and oxygen atoms in total. The highest BCUT2D eigenvalue weighted by Crippen LogP contribution is 2.36. The summed E-state index contributed by atoms with van der Waals surface area (Å²) in [5, 5.41) is 0. The van der Waals surface area contributed by atoms with Gasteiger partial charge >= 0.3 is 0 Å². The van der Waals surface area contributed by atoms with E-state index in [-0.39, 0.29) is 47.9 Å². The number of oxazole rings is 1. The van der Waals surface area contributed by atoms with E-state index in [4.69, 9.17) is 10.2 Å². The number of halogens is 1. The van der Waals surface area contributed by atoms with Gasteiger partial charge in [-0.15, -0.1) is 12.4 Å². The summed E-state index contributed by atoms with van der Waals surface area (Å²) in [6.45, 7) is 1.94. The smallest absolute Gasteiger partial charge is 0.275 e. The van der Waals surface area contributed by atoms with Gasteiger partial charge in [-0.2, -0.15) is 0 Å². The number of piperidine rings is 1. The van der Waals surface area contributed by atoms with Gasteiger partial charge < -0.3 is 19.6 Å². The number of aromatic nitrogens is 3. The Kier molecular flexibility index (Phi) is 5.44. The SMILES string of the molecule is Cl.NCc1nc(C(=O)N2C[C@@H]3C[C@H](C2)c2cc(-c4cccnc4)cc(=O)n2C3)co1. The molecule has 156 valence electrons. The topological polar surface area (TPSA) is 107 Å². The van der Waals surface area contributed by atoms with E-state index in [9.17, 15) is 9.59 Å². The lowest BCUT2D eigenvalue weighted by Crippen LogP contribution is -2.49. The molecule has 5 heterocycles. The number of nitrogens with two attached hydrogens (primary N) is 1. The second-order valence-electron chi connectivity index (χ2n) is 7.70. The highest BCUT2D eigenvalue weighted by molar-refractivity contribution is 5.92. The number of pyridine rings is 2. The van der Waals surface area contributed by atoms with Gasteiger partial charge in [-0.1, -0.05) is 6.07 Å². The van der Waals surface area contributed by atoms with E-state index in [0.29, 0.717) is 25.5 Å². The number of hydrogen-bond acceptors (Lipinski definition) is 6. The lowest BCUT2D eigenvalue weighted by molar-refractivity contribution is 0.0589. The lowest BCUT2D eigenvalue weighted by Gasteiger charge is -2.42. The normalized spacial score (nSPS) is 19.7. The van der Waals surface area contributed by atoms with Crippen LogP contribution in [0.25, 0.3) is 11.1 Å². The van der Waals surface area contributed by atoms with Crippen LogP contribution in [0.5, 0.6) is 0 Å². The molecule has 30 heavy (non-hydrogen) atoms. The quantitative estimate of drug-likeness (QED) is 0.685. The minimum Gasteiger partial charge on any atom is -0.447 e. The molecule has 9 heteroatoms. The van der Waals surface area contributed by atoms with Gasteiger partial charge in [0.2, 0.25) is 5.89 Å². The second kappa shape index (κ2) is 8.04. The molecule has 3 aromatic heterocycles. The van der Waals surface area contributed by atoms with Gasteiger partial charge in [-0.25, -0.2) is 4.98 Å². The Morgan fingerprint density at radius 1 is 1.23 bits per heavy atom. The van der Waals surface area contributed by atoms with Crippen LogP contribution in [-0.4, -0.2) is 38.4 Å². The van der Waals surface area contributed by atoms with Gasteiger partial charge in [-0.3, -0.25) is 14.6 Å². The number of likely N-dealkylation sites (tertiary alicyclic amines) is 1. The summed E-state index contributed by atoms with van der Waals surface area (Å²) in [5.41, 5.74) is 8.57.